The zero-order valence-electron chi connectivity index (χ0n) is 12.1. The predicted octanol–water partition coefficient (Wildman–Crippen LogP) is 3.50. The van der Waals surface area contributed by atoms with Crippen molar-refractivity contribution in [3.63, 3.8) is 0 Å². The molecule has 1 N–H and O–H groups in total. The van der Waals surface area contributed by atoms with E-state index in [1.807, 2.05) is 23.1 Å². The van der Waals surface area contributed by atoms with Gasteiger partial charge in [-0.05, 0) is 37.5 Å². The molecule has 1 saturated heterocycles. The van der Waals surface area contributed by atoms with Gasteiger partial charge in [-0.2, -0.15) is 0 Å². The molecule has 0 unspecified atom stereocenters. The third kappa shape index (κ3) is 3.36. The number of hydrogen-bond donors (Lipinski definition) is 1. The van der Waals surface area contributed by atoms with E-state index in [4.69, 9.17) is 11.6 Å². The summed E-state index contributed by atoms with van der Waals surface area (Å²) < 4.78 is 0. The van der Waals surface area contributed by atoms with Crippen LogP contribution in [0.1, 0.15) is 29.8 Å². The maximum absolute atomic E-state index is 12.5. The summed E-state index contributed by atoms with van der Waals surface area (Å²) in [5, 5.41) is 3.63. The number of nitrogens with zero attached hydrogens (tertiary/aromatic N) is 3. The fourth-order valence-corrected chi connectivity index (χ4v) is 2.66. The fourth-order valence-electron chi connectivity index (χ4n) is 2.48. The van der Waals surface area contributed by atoms with Crippen LogP contribution in [0.4, 0.5) is 11.6 Å². The first-order valence-electron chi connectivity index (χ1n) is 7.38. The number of halogens is 1. The van der Waals surface area contributed by atoms with Crippen molar-refractivity contribution in [2.24, 2.45) is 0 Å². The largest absolute Gasteiger partial charge is 0.337 e. The van der Waals surface area contributed by atoms with Gasteiger partial charge in [0.1, 0.15) is 5.69 Å². The predicted molar refractivity (Wildman–Crippen MR) is 86.5 cm³/mol. The Bertz CT molecular complexity index is 671. The van der Waals surface area contributed by atoms with Gasteiger partial charge < -0.3 is 10.2 Å². The Kier molecular flexibility index (Phi) is 4.53. The summed E-state index contributed by atoms with van der Waals surface area (Å²) in [5.74, 6) is 0.334. The number of para-hydroxylation sites is 1. The van der Waals surface area contributed by atoms with Crippen LogP contribution in [-0.2, 0) is 0 Å². The van der Waals surface area contributed by atoms with E-state index >= 15 is 0 Å². The van der Waals surface area contributed by atoms with Crippen molar-refractivity contribution in [3.8, 4) is 0 Å². The summed E-state index contributed by atoms with van der Waals surface area (Å²) in [4.78, 5) is 22.8. The van der Waals surface area contributed by atoms with Crippen LogP contribution in [0.15, 0.2) is 36.5 Å². The SMILES string of the molecule is O=C(c1ccnc(Nc2ccccc2Cl)n1)N1CCCCC1. The molecular formula is C16H17ClN4O. The molecule has 1 aliphatic rings. The normalized spacial score (nSPS) is 14.7. The molecule has 114 valence electrons. The lowest BCUT2D eigenvalue weighted by atomic mass is 10.1. The zero-order chi connectivity index (χ0) is 15.4. The van der Waals surface area contributed by atoms with Crippen LogP contribution in [0.3, 0.4) is 0 Å². The maximum Gasteiger partial charge on any atom is 0.272 e. The number of aromatic nitrogens is 2. The number of anilines is 2. The molecule has 22 heavy (non-hydrogen) atoms. The van der Waals surface area contributed by atoms with Gasteiger partial charge in [0.25, 0.3) is 5.91 Å². The smallest absolute Gasteiger partial charge is 0.272 e. The maximum atomic E-state index is 12.5. The Balaban J connectivity index is 1.77. The molecule has 1 amide bonds. The molecule has 2 aromatic rings. The standard InChI is InChI=1S/C16H17ClN4O/c17-12-6-2-3-7-13(12)19-16-18-9-8-14(20-16)15(22)21-10-4-1-5-11-21/h2-3,6-9H,1,4-5,10-11H2,(H,18,19,20). The highest BCUT2D eigenvalue weighted by Crippen LogP contribution is 2.23. The molecule has 0 radical (unpaired) electrons. The van der Waals surface area contributed by atoms with Gasteiger partial charge in [-0.25, -0.2) is 9.97 Å². The van der Waals surface area contributed by atoms with Crippen LogP contribution in [0, 0.1) is 0 Å². The molecule has 1 aliphatic heterocycles. The van der Waals surface area contributed by atoms with Crippen LogP contribution in [0.2, 0.25) is 5.02 Å². The van der Waals surface area contributed by atoms with E-state index in [0.29, 0.717) is 22.4 Å². The number of carbonyl (C=O) groups excluding carboxylic acids is 1. The number of piperidine rings is 1. The van der Waals surface area contributed by atoms with Crippen LogP contribution >= 0.6 is 11.6 Å². The van der Waals surface area contributed by atoms with E-state index in [1.165, 1.54) is 6.42 Å². The summed E-state index contributed by atoms with van der Waals surface area (Å²) in [7, 11) is 0. The highest BCUT2D eigenvalue weighted by Gasteiger charge is 2.19. The monoisotopic (exact) mass is 316 g/mol. The second-order valence-corrected chi connectivity index (χ2v) is 5.63. The van der Waals surface area contributed by atoms with Gasteiger partial charge in [0.2, 0.25) is 5.95 Å². The second-order valence-electron chi connectivity index (χ2n) is 5.22. The van der Waals surface area contributed by atoms with E-state index in [-0.39, 0.29) is 5.91 Å². The molecular weight excluding hydrogens is 300 g/mol. The Morgan fingerprint density at radius 3 is 2.68 bits per heavy atom. The van der Waals surface area contributed by atoms with E-state index < -0.39 is 0 Å². The van der Waals surface area contributed by atoms with Gasteiger partial charge in [0.05, 0.1) is 10.7 Å². The van der Waals surface area contributed by atoms with Gasteiger partial charge in [-0.3, -0.25) is 4.79 Å². The Hall–Kier alpha value is -2.14. The molecule has 3 rings (SSSR count). The number of likely N-dealkylation sites (tertiary alicyclic amines) is 1. The van der Waals surface area contributed by atoms with Crippen molar-refractivity contribution in [3.05, 3.63) is 47.2 Å². The van der Waals surface area contributed by atoms with Crippen molar-refractivity contribution < 1.29 is 4.79 Å². The average molecular weight is 317 g/mol. The fraction of sp³-hybridized carbons (Fsp3) is 0.312. The van der Waals surface area contributed by atoms with Crippen molar-refractivity contribution in [1.82, 2.24) is 14.9 Å². The topological polar surface area (TPSA) is 58.1 Å². The Morgan fingerprint density at radius 2 is 1.91 bits per heavy atom. The molecule has 0 spiro atoms. The first kappa shape index (κ1) is 14.8. The summed E-state index contributed by atoms with van der Waals surface area (Å²) in [6.45, 7) is 1.60. The first-order valence-corrected chi connectivity index (χ1v) is 7.76. The average Bonchev–Trinajstić information content (AvgIpc) is 2.57. The molecule has 0 aliphatic carbocycles. The first-order chi connectivity index (χ1) is 10.7. The van der Waals surface area contributed by atoms with Crippen molar-refractivity contribution in [1.29, 1.82) is 0 Å². The number of amides is 1. The minimum atomic E-state index is -0.0377. The second kappa shape index (κ2) is 6.75. The van der Waals surface area contributed by atoms with Crippen molar-refractivity contribution >= 4 is 29.1 Å². The summed E-state index contributed by atoms with van der Waals surface area (Å²) >= 11 is 6.10. The minimum absolute atomic E-state index is 0.0377. The Labute approximate surface area is 134 Å². The molecule has 0 atom stereocenters. The number of benzene rings is 1. The lowest BCUT2D eigenvalue weighted by Gasteiger charge is -2.26. The molecule has 1 fully saturated rings. The van der Waals surface area contributed by atoms with Gasteiger partial charge in [0, 0.05) is 19.3 Å². The molecule has 5 nitrogen and oxygen atoms in total. The number of nitrogens with one attached hydrogen (secondary N) is 1. The van der Waals surface area contributed by atoms with Gasteiger partial charge in [0.15, 0.2) is 0 Å². The van der Waals surface area contributed by atoms with E-state index in [9.17, 15) is 4.79 Å². The Morgan fingerprint density at radius 1 is 1.14 bits per heavy atom. The summed E-state index contributed by atoms with van der Waals surface area (Å²) in [6, 6.07) is 8.99. The highest BCUT2D eigenvalue weighted by atomic mass is 35.5. The van der Waals surface area contributed by atoms with Crippen molar-refractivity contribution in [2.75, 3.05) is 18.4 Å². The molecule has 1 aromatic carbocycles. The third-order valence-corrected chi connectivity index (χ3v) is 3.97. The van der Waals surface area contributed by atoms with E-state index in [0.717, 1.165) is 25.9 Å². The summed E-state index contributed by atoms with van der Waals surface area (Å²) in [5.41, 5.74) is 1.12. The minimum Gasteiger partial charge on any atom is -0.337 e. The third-order valence-electron chi connectivity index (χ3n) is 3.64. The lowest BCUT2D eigenvalue weighted by molar-refractivity contribution is 0.0718. The molecule has 2 heterocycles. The van der Waals surface area contributed by atoms with Gasteiger partial charge >= 0.3 is 0 Å². The number of rotatable bonds is 3. The van der Waals surface area contributed by atoms with E-state index in [2.05, 4.69) is 15.3 Å². The lowest BCUT2D eigenvalue weighted by Crippen LogP contribution is -2.36. The molecule has 0 bridgehead atoms. The van der Waals surface area contributed by atoms with Crippen molar-refractivity contribution in [2.45, 2.75) is 19.3 Å². The molecule has 0 saturated carbocycles. The van der Waals surface area contributed by atoms with Gasteiger partial charge in [-0.15, -0.1) is 0 Å². The van der Waals surface area contributed by atoms with Crippen LogP contribution < -0.4 is 5.32 Å². The summed E-state index contributed by atoms with van der Waals surface area (Å²) in [6.07, 6.45) is 4.89. The van der Waals surface area contributed by atoms with Crippen LogP contribution in [-0.4, -0.2) is 33.9 Å². The number of hydrogen-bond acceptors (Lipinski definition) is 4. The van der Waals surface area contributed by atoms with Gasteiger partial charge in [-0.1, -0.05) is 23.7 Å². The van der Waals surface area contributed by atoms with E-state index in [1.54, 1.807) is 18.3 Å². The molecule has 6 heteroatoms. The van der Waals surface area contributed by atoms with Crippen LogP contribution in [0.25, 0.3) is 0 Å². The van der Waals surface area contributed by atoms with Crippen LogP contribution in [0.5, 0.6) is 0 Å². The number of carbonyl (C=O) groups is 1. The highest BCUT2D eigenvalue weighted by molar-refractivity contribution is 6.33. The quantitative estimate of drug-likeness (QED) is 0.941. The molecule has 1 aromatic heterocycles. The zero-order valence-corrected chi connectivity index (χ0v) is 12.9.